The van der Waals surface area contributed by atoms with Crippen molar-refractivity contribution in [3.8, 4) is 0 Å². The van der Waals surface area contributed by atoms with Crippen LogP contribution in [0.1, 0.15) is 0 Å². The van der Waals surface area contributed by atoms with Gasteiger partial charge < -0.3 is 4.74 Å². The van der Waals surface area contributed by atoms with Gasteiger partial charge in [-0.25, -0.2) is 0 Å². The zero-order chi connectivity index (χ0) is 27.5. The van der Waals surface area contributed by atoms with Gasteiger partial charge in [0.2, 0.25) is 0 Å². The molecule has 0 aromatic rings. The summed E-state index contributed by atoms with van der Waals surface area (Å²) >= 11 is 0. The molecule has 0 aromatic heterocycles. The second kappa shape index (κ2) is 8.07. The van der Waals surface area contributed by atoms with E-state index >= 15 is 0 Å². The number of alkyl halides is 16. The Labute approximate surface area is 167 Å². The third-order valence-corrected chi connectivity index (χ3v) is 4.37. The molecular formula is C9H3F18NO4S. The van der Waals surface area contributed by atoms with Crippen LogP contribution in [0, 0.1) is 0 Å². The van der Waals surface area contributed by atoms with Gasteiger partial charge in [0, 0.05) is 11.6 Å². The molecule has 0 saturated carbocycles. The van der Waals surface area contributed by atoms with Gasteiger partial charge in [-0.1, -0.05) is 0 Å². The van der Waals surface area contributed by atoms with Crippen molar-refractivity contribution in [1.29, 1.82) is 0 Å². The first-order chi connectivity index (χ1) is 14.0. The molecule has 0 rings (SSSR count). The van der Waals surface area contributed by atoms with Gasteiger partial charge >= 0.3 is 58.0 Å². The standard InChI is InChI=1S/C9H3F18NO4S/c1-31-7(9(23,24)25,28(26)33(29,30)32-27)5(16,17)3(12,13)2(10,11)4(14,15)6(18,19)8(20,21)22/h1H3. The second-order valence-electron chi connectivity index (χ2n) is 5.45. The predicted molar refractivity (Wildman–Crippen MR) is 60.6 cm³/mol. The quantitative estimate of drug-likeness (QED) is 0.226. The Balaban J connectivity index is 7.45. The SMILES string of the molecule is COC(N(F)S(=O)(=O)OF)(C(F)(F)F)C(F)(F)C(F)(F)C(F)(F)C(F)(F)C(F)(F)C(F)(F)F. The molecule has 0 saturated heterocycles. The van der Waals surface area contributed by atoms with Crippen LogP contribution in [-0.2, 0) is 19.4 Å². The molecule has 0 N–H and O–H groups in total. The maximum Gasteiger partial charge on any atom is 0.460 e. The van der Waals surface area contributed by atoms with E-state index in [1.807, 2.05) is 0 Å². The van der Waals surface area contributed by atoms with Crippen molar-refractivity contribution in [2.24, 2.45) is 0 Å². The van der Waals surface area contributed by atoms with E-state index in [0.29, 0.717) is 0 Å². The molecule has 0 aliphatic heterocycles. The first kappa shape index (κ1) is 31.6. The first-order valence-electron chi connectivity index (χ1n) is 6.62. The molecule has 1 unspecified atom stereocenters. The van der Waals surface area contributed by atoms with Gasteiger partial charge in [-0.3, -0.25) is 0 Å². The Hall–Kier alpha value is -1.43. The van der Waals surface area contributed by atoms with Crippen molar-refractivity contribution in [2.45, 2.75) is 47.7 Å². The molecule has 0 aromatic carbocycles. The van der Waals surface area contributed by atoms with Crippen molar-refractivity contribution in [3.05, 3.63) is 0 Å². The van der Waals surface area contributed by atoms with Crippen LogP contribution in [0.25, 0.3) is 0 Å². The van der Waals surface area contributed by atoms with E-state index in [4.69, 9.17) is 0 Å². The Morgan fingerprint density at radius 3 is 1.12 bits per heavy atom. The fourth-order valence-corrected chi connectivity index (χ4v) is 2.53. The van der Waals surface area contributed by atoms with Crippen LogP contribution >= 0.6 is 0 Å². The number of hydrogen-bond donors (Lipinski definition) is 0. The minimum absolute atomic E-state index is 1.04. The molecular weight excluding hydrogens is 560 g/mol. The van der Waals surface area contributed by atoms with Crippen molar-refractivity contribution in [2.75, 3.05) is 7.11 Å². The van der Waals surface area contributed by atoms with Gasteiger partial charge in [0.1, 0.15) is 0 Å². The van der Waals surface area contributed by atoms with E-state index in [2.05, 4.69) is 4.74 Å². The summed E-state index contributed by atoms with van der Waals surface area (Å²) in [5.74, 6) is -43.4. The lowest BCUT2D eigenvalue weighted by Gasteiger charge is -2.46. The largest absolute Gasteiger partial charge is 0.460 e. The second-order valence-corrected chi connectivity index (χ2v) is 6.75. The van der Waals surface area contributed by atoms with E-state index < -0.39 is 69.6 Å². The number of hydrogen-bond acceptors (Lipinski definition) is 4. The lowest BCUT2D eigenvalue weighted by Crippen LogP contribution is -2.79. The summed E-state index contributed by atoms with van der Waals surface area (Å²) in [5, 5.41) is 0. The number of methoxy groups -OCH3 is 1. The van der Waals surface area contributed by atoms with Crippen LogP contribution in [0.2, 0.25) is 0 Å². The van der Waals surface area contributed by atoms with E-state index in [0.717, 1.165) is 0 Å². The van der Waals surface area contributed by atoms with Crippen LogP contribution in [0.15, 0.2) is 0 Å². The van der Waals surface area contributed by atoms with Gasteiger partial charge in [0.25, 0.3) is 0 Å². The van der Waals surface area contributed by atoms with Gasteiger partial charge in [0.15, 0.2) is 0 Å². The molecule has 5 nitrogen and oxygen atoms in total. The summed E-state index contributed by atoms with van der Waals surface area (Å²) in [6.45, 7) is 0. The van der Waals surface area contributed by atoms with Crippen molar-refractivity contribution >= 4 is 10.3 Å². The third-order valence-electron chi connectivity index (χ3n) is 3.56. The molecule has 33 heavy (non-hydrogen) atoms. The molecule has 0 amide bonds. The minimum atomic E-state index is -8.89. The average molecular weight is 563 g/mol. The normalized spacial score (nSPS) is 17.9. The highest BCUT2D eigenvalue weighted by atomic mass is 32.2. The van der Waals surface area contributed by atoms with Gasteiger partial charge in [0.05, 0.1) is 0 Å². The Kier molecular flexibility index (Phi) is 7.72. The monoisotopic (exact) mass is 563 g/mol. The summed E-state index contributed by atoms with van der Waals surface area (Å²) < 4.78 is 255. The van der Waals surface area contributed by atoms with Crippen molar-refractivity contribution in [1.82, 2.24) is 4.53 Å². The number of halogens is 18. The Bertz CT molecular complexity index is 818. The van der Waals surface area contributed by atoms with Gasteiger partial charge in [-0.2, -0.15) is 78.7 Å². The summed E-state index contributed by atoms with van der Waals surface area (Å²) in [5.41, 5.74) is -7.53. The molecule has 200 valence electrons. The molecule has 0 fully saturated rings. The highest BCUT2D eigenvalue weighted by molar-refractivity contribution is 7.84. The van der Waals surface area contributed by atoms with Crippen LogP contribution in [0.5, 0.6) is 0 Å². The number of rotatable bonds is 9. The number of nitrogens with zero attached hydrogens (tertiary/aromatic N) is 1. The van der Waals surface area contributed by atoms with E-state index in [1.54, 1.807) is 0 Å². The molecule has 0 bridgehead atoms. The summed E-state index contributed by atoms with van der Waals surface area (Å²) in [6, 6.07) is 0. The zero-order valence-corrected chi connectivity index (χ0v) is 15.1. The molecule has 0 spiro atoms. The zero-order valence-electron chi connectivity index (χ0n) is 14.3. The first-order valence-corrected chi connectivity index (χ1v) is 7.98. The van der Waals surface area contributed by atoms with Crippen LogP contribution in [-0.4, -0.2) is 67.7 Å². The smallest absolute Gasteiger partial charge is 0.348 e. The maximum absolute atomic E-state index is 14.0. The third kappa shape index (κ3) is 3.94. The topological polar surface area (TPSA) is 55.8 Å². The lowest BCUT2D eigenvalue weighted by molar-refractivity contribution is -0.482. The van der Waals surface area contributed by atoms with Crippen LogP contribution in [0.3, 0.4) is 0 Å². The summed E-state index contributed by atoms with van der Waals surface area (Å²) in [7, 11) is -8.69. The van der Waals surface area contributed by atoms with E-state index in [-0.39, 0.29) is 0 Å². The molecule has 0 aliphatic rings. The van der Waals surface area contributed by atoms with Crippen LogP contribution in [0.4, 0.5) is 79.3 Å². The molecule has 0 radical (unpaired) electrons. The van der Waals surface area contributed by atoms with Gasteiger partial charge in [-0.15, -0.1) is 4.48 Å². The lowest BCUT2D eigenvalue weighted by atomic mass is 9.88. The highest BCUT2D eigenvalue weighted by Gasteiger charge is 2.96. The fourth-order valence-electron chi connectivity index (χ4n) is 1.87. The Morgan fingerprint density at radius 2 is 0.879 bits per heavy atom. The molecule has 24 heteroatoms. The predicted octanol–water partition coefficient (Wildman–Crippen LogP) is 4.96. The summed E-state index contributed by atoms with van der Waals surface area (Å²) in [4.78, 5) is 0. The maximum atomic E-state index is 14.0. The summed E-state index contributed by atoms with van der Waals surface area (Å²) in [6.07, 6.45) is -15.8. The van der Waals surface area contributed by atoms with Crippen LogP contribution < -0.4 is 0 Å². The van der Waals surface area contributed by atoms with Crippen molar-refractivity contribution in [3.63, 3.8) is 0 Å². The minimum Gasteiger partial charge on any atom is -0.348 e. The van der Waals surface area contributed by atoms with E-state index in [9.17, 15) is 87.7 Å². The van der Waals surface area contributed by atoms with Gasteiger partial charge in [-0.05, 0) is 8.91 Å². The average Bonchev–Trinajstić information content (AvgIpc) is 2.59. The number of ether oxygens (including phenoxy) is 1. The fraction of sp³-hybridized carbons (Fsp3) is 1.00. The molecule has 0 heterocycles. The molecule has 1 atom stereocenters. The van der Waals surface area contributed by atoms with E-state index in [1.165, 1.54) is 4.39 Å². The molecule has 0 aliphatic carbocycles. The van der Waals surface area contributed by atoms with Crippen molar-refractivity contribution < 1.29 is 96.8 Å². The Morgan fingerprint density at radius 1 is 0.576 bits per heavy atom. The highest BCUT2D eigenvalue weighted by Crippen LogP contribution is 2.64.